The van der Waals surface area contributed by atoms with Crippen LogP contribution in [-0.2, 0) is 9.53 Å². The van der Waals surface area contributed by atoms with Crippen molar-refractivity contribution in [3.63, 3.8) is 0 Å². The minimum absolute atomic E-state index is 0.296. The molecule has 0 aromatic heterocycles. The molecule has 1 atom stereocenters. The Labute approximate surface area is 124 Å². The normalized spacial score (nSPS) is 14.6. The number of hydrogen-bond donors (Lipinski definition) is 1. The molecule has 0 rings (SSSR count). The fourth-order valence-corrected chi connectivity index (χ4v) is 2.11. The molecule has 0 aliphatic carbocycles. The van der Waals surface area contributed by atoms with Crippen LogP contribution in [0.1, 0.15) is 40.0 Å². The Morgan fingerprint density at radius 1 is 1.15 bits per heavy atom. The summed E-state index contributed by atoms with van der Waals surface area (Å²) in [6.07, 6.45) is 2.75. The first-order valence-corrected chi connectivity index (χ1v) is 7.66. The minimum atomic E-state index is -0.862. The summed E-state index contributed by atoms with van der Waals surface area (Å²) in [6.45, 7) is 10.3. The van der Waals surface area contributed by atoms with Gasteiger partial charge in [-0.1, -0.05) is 6.92 Å². The van der Waals surface area contributed by atoms with Crippen LogP contribution in [-0.4, -0.2) is 68.2 Å². The number of rotatable bonds is 11. The minimum Gasteiger partial charge on any atom is -0.465 e. The number of nitrogens with two attached hydrogens (primary N) is 1. The van der Waals surface area contributed by atoms with Crippen LogP contribution in [0, 0.1) is 0 Å². The highest BCUT2D eigenvalue weighted by molar-refractivity contribution is 5.79. The van der Waals surface area contributed by atoms with Crippen LogP contribution in [0.5, 0.6) is 0 Å². The van der Waals surface area contributed by atoms with Gasteiger partial charge in [0.1, 0.15) is 5.54 Å². The Kier molecular flexibility index (Phi) is 9.80. The van der Waals surface area contributed by atoms with Crippen molar-refractivity contribution in [3.05, 3.63) is 0 Å². The molecule has 5 heteroatoms. The van der Waals surface area contributed by atoms with E-state index in [-0.39, 0.29) is 5.97 Å². The zero-order valence-electron chi connectivity index (χ0n) is 13.9. The predicted octanol–water partition coefficient (Wildman–Crippen LogP) is 1.32. The number of esters is 1. The smallest absolute Gasteiger partial charge is 0.325 e. The second-order valence-corrected chi connectivity index (χ2v) is 5.83. The molecule has 0 saturated carbocycles. The largest absolute Gasteiger partial charge is 0.465 e. The molecule has 5 nitrogen and oxygen atoms in total. The van der Waals surface area contributed by atoms with Crippen molar-refractivity contribution in [3.8, 4) is 0 Å². The van der Waals surface area contributed by atoms with Gasteiger partial charge in [0.15, 0.2) is 0 Å². The van der Waals surface area contributed by atoms with Crippen LogP contribution in [0.2, 0.25) is 0 Å². The molecule has 0 radical (unpaired) electrons. The molecule has 0 saturated heterocycles. The lowest BCUT2D eigenvalue weighted by Gasteiger charge is -2.25. The molecule has 0 amide bonds. The summed E-state index contributed by atoms with van der Waals surface area (Å²) in [4.78, 5) is 16.3. The van der Waals surface area contributed by atoms with E-state index in [1.165, 1.54) is 6.42 Å². The van der Waals surface area contributed by atoms with E-state index in [1.54, 1.807) is 13.8 Å². The van der Waals surface area contributed by atoms with Crippen LogP contribution in [0.15, 0.2) is 0 Å². The van der Waals surface area contributed by atoms with Gasteiger partial charge in [-0.05, 0) is 73.4 Å². The lowest BCUT2D eigenvalue weighted by molar-refractivity contribution is -0.149. The van der Waals surface area contributed by atoms with Gasteiger partial charge in [0.05, 0.1) is 6.61 Å². The third-order valence-electron chi connectivity index (χ3n) is 3.44. The molecule has 0 aliphatic rings. The van der Waals surface area contributed by atoms with E-state index < -0.39 is 5.54 Å². The molecular formula is C15H33N3O2. The van der Waals surface area contributed by atoms with Crippen molar-refractivity contribution in [1.82, 2.24) is 9.80 Å². The SMILES string of the molecule is CCOC(=O)C(C)(N)CCCN(CC)CCCN(C)C. The quantitative estimate of drug-likeness (QED) is 0.581. The van der Waals surface area contributed by atoms with Gasteiger partial charge >= 0.3 is 5.97 Å². The average Bonchev–Trinajstić information content (AvgIpc) is 2.36. The first-order valence-electron chi connectivity index (χ1n) is 7.66. The summed E-state index contributed by atoms with van der Waals surface area (Å²) in [5.74, 6) is -0.296. The fraction of sp³-hybridized carbons (Fsp3) is 0.933. The van der Waals surface area contributed by atoms with Crippen molar-refractivity contribution >= 4 is 5.97 Å². The van der Waals surface area contributed by atoms with Crippen LogP contribution in [0.4, 0.5) is 0 Å². The summed E-state index contributed by atoms with van der Waals surface area (Å²) < 4.78 is 5.00. The number of ether oxygens (including phenoxy) is 1. The van der Waals surface area contributed by atoms with Crippen molar-refractivity contribution in [2.24, 2.45) is 5.73 Å². The van der Waals surface area contributed by atoms with Gasteiger partial charge in [-0.3, -0.25) is 4.79 Å². The zero-order valence-corrected chi connectivity index (χ0v) is 13.9. The Morgan fingerprint density at radius 2 is 1.75 bits per heavy atom. The van der Waals surface area contributed by atoms with Crippen molar-refractivity contribution < 1.29 is 9.53 Å². The highest BCUT2D eigenvalue weighted by atomic mass is 16.5. The Balaban J connectivity index is 3.96. The number of nitrogens with zero attached hydrogens (tertiary/aromatic N) is 2. The molecule has 0 aromatic carbocycles. The van der Waals surface area contributed by atoms with E-state index >= 15 is 0 Å². The molecule has 0 bridgehead atoms. The van der Waals surface area contributed by atoms with E-state index in [0.717, 1.165) is 32.6 Å². The Hall–Kier alpha value is -0.650. The molecule has 0 fully saturated rings. The Bertz CT molecular complexity index is 268. The Morgan fingerprint density at radius 3 is 2.25 bits per heavy atom. The van der Waals surface area contributed by atoms with E-state index in [0.29, 0.717) is 13.0 Å². The molecule has 1 unspecified atom stereocenters. The lowest BCUT2D eigenvalue weighted by atomic mass is 9.97. The highest BCUT2D eigenvalue weighted by Crippen LogP contribution is 2.12. The zero-order chi connectivity index (χ0) is 15.6. The standard InChI is InChI=1S/C15H33N3O2/c1-6-18(13-9-11-17(4)5)12-8-10-15(3,16)14(19)20-7-2/h6-13,16H2,1-5H3. The second-order valence-electron chi connectivity index (χ2n) is 5.83. The number of carbonyl (C=O) groups excluding carboxylic acids is 1. The maximum atomic E-state index is 11.7. The van der Waals surface area contributed by atoms with Gasteiger partial charge in [-0.2, -0.15) is 0 Å². The summed E-state index contributed by atoms with van der Waals surface area (Å²) in [7, 11) is 4.19. The van der Waals surface area contributed by atoms with Crippen LogP contribution in [0.3, 0.4) is 0 Å². The summed E-state index contributed by atoms with van der Waals surface area (Å²) in [5, 5.41) is 0. The summed E-state index contributed by atoms with van der Waals surface area (Å²) in [5.41, 5.74) is 5.15. The molecule has 20 heavy (non-hydrogen) atoms. The monoisotopic (exact) mass is 287 g/mol. The molecule has 0 heterocycles. The maximum Gasteiger partial charge on any atom is 0.325 e. The van der Waals surface area contributed by atoms with Gasteiger partial charge in [0, 0.05) is 0 Å². The van der Waals surface area contributed by atoms with Gasteiger partial charge in [0.2, 0.25) is 0 Å². The molecule has 120 valence electrons. The van der Waals surface area contributed by atoms with Gasteiger partial charge in [0.25, 0.3) is 0 Å². The third-order valence-corrected chi connectivity index (χ3v) is 3.44. The molecule has 0 aromatic rings. The molecule has 2 N–H and O–H groups in total. The lowest BCUT2D eigenvalue weighted by Crippen LogP contribution is -2.46. The highest BCUT2D eigenvalue weighted by Gasteiger charge is 2.29. The molecule has 0 aliphatic heterocycles. The van der Waals surface area contributed by atoms with Crippen LogP contribution in [0.25, 0.3) is 0 Å². The average molecular weight is 287 g/mol. The van der Waals surface area contributed by atoms with Gasteiger partial charge in [-0.25, -0.2) is 0 Å². The third kappa shape index (κ3) is 8.51. The van der Waals surface area contributed by atoms with Gasteiger partial charge in [-0.15, -0.1) is 0 Å². The molecular weight excluding hydrogens is 254 g/mol. The van der Waals surface area contributed by atoms with Crippen LogP contribution >= 0.6 is 0 Å². The van der Waals surface area contributed by atoms with E-state index in [4.69, 9.17) is 10.5 Å². The summed E-state index contributed by atoms with van der Waals surface area (Å²) >= 11 is 0. The van der Waals surface area contributed by atoms with Crippen LogP contribution < -0.4 is 5.73 Å². The number of carbonyl (C=O) groups is 1. The van der Waals surface area contributed by atoms with Gasteiger partial charge < -0.3 is 20.3 Å². The van der Waals surface area contributed by atoms with Crippen molar-refractivity contribution in [2.45, 2.75) is 45.6 Å². The molecule has 0 spiro atoms. The van der Waals surface area contributed by atoms with Crippen molar-refractivity contribution in [1.29, 1.82) is 0 Å². The maximum absolute atomic E-state index is 11.7. The topological polar surface area (TPSA) is 58.8 Å². The van der Waals surface area contributed by atoms with E-state index in [9.17, 15) is 4.79 Å². The van der Waals surface area contributed by atoms with Crippen molar-refractivity contribution in [2.75, 3.05) is 46.9 Å². The summed E-state index contributed by atoms with van der Waals surface area (Å²) in [6, 6.07) is 0. The first kappa shape index (κ1) is 19.4. The number of hydrogen-bond acceptors (Lipinski definition) is 5. The van der Waals surface area contributed by atoms with E-state index in [2.05, 4.69) is 30.8 Å². The first-order chi connectivity index (χ1) is 9.33. The van der Waals surface area contributed by atoms with E-state index in [1.807, 2.05) is 0 Å². The predicted molar refractivity (Wildman–Crippen MR) is 83.7 cm³/mol. The fourth-order valence-electron chi connectivity index (χ4n) is 2.11. The second kappa shape index (κ2) is 10.1.